The Morgan fingerprint density at radius 1 is 1.25 bits per heavy atom. The van der Waals surface area contributed by atoms with Crippen LogP contribution in [-0.4, -0.2) is 42.2 Å². The first kappa shape index (κ1) is 17.7. The van der Waals surface area contributed by atoms with Gasteiger partial charge >= 0.3 is 0 Å². The van der Waals surface area contributed by atoms with E-state index in [1.165, 1.54) is 0 Å². The third-order valence-corrected chi connectivity index (χ3v) is 6.72. The van der Waals surface area contributed by atoms with Crippen molar-refractivity contribution in [2.24, 2.45) is 11.8 Å². The predicted molar refractivity (Wildman–Crippen MR) is 108 cm³/mol. The zero-order chi connectivity index (χ0) is 19.1. The number of nitrogens with zero attached hydrogens (tertiary/aromatic N) is 2. The number of ether oxygens (including phenoxy) is 1. The minimum Gasteiger partial charge on any atom is -0.369 e. The molecule has 4 atom stereocenters. The molecule has 146 valence electrons. The highest BCUT2D eigenvalue weighted by atomic mass is 16.5. The molecule has 5 nitrogen and oxygen atoms in total. The third kappa shape index (κ3) is 3.08. The number of aromatic nitrogens is 1. The van der Waals surface area contributed by atoms with E-state index in [1.807, 2.05) is 43.3 Å². The first-order valence-corrected chi connectivity index (χ1v) is 10.3. The number of anilines is 1. The Kier molecular flexibility index (Phi) is 4.35. The van der Waals surface area contributed by atoms with Crippen LogP contribution in [-0.2, 0) is 16.0 Å². The molecule has 1 aromatic heterocycles. The quantitative estimate of drug-likeness (QED) is 0.871. The molecule has 1 spiro atoms. The lowest BCUT2D eigenvalue weighted by atomic mass is 9.73. The van der Waals surface area contributed by atoms with Crippen LogP contribution in [0, 0.1) is 18.8 Å². The average molecular weight is 377 g/mol. The molecule has 5 rings (SSSR count). The maximum absolute atomic E-state index is 12.4. The van der Waals surface area contributed by atoms with Gasteiger partial charge in [-0.2, -0.15) is 0 Å². The van der Waals surface area contributed by atoms with E-state index >= 15 is 0 Å². The van der Waals surface area contributed by atoms with Gasteiger partial charge in [-0.1, -0.05) is 36.4 Å². The van der Waals surface area contributed by atoms with Crippen molar-refractivity contribution in [3.8, 4) is 0 Å². The second-order valence-electron chi connectivity index (χ2n) is 8.51. The summed E-state index contributed by atoms with van der Waals surface area (Å²) in [5.41, 5.74) is 2.05. The van der Waals surface area contributed by atoms with Gasteiger partial charge < -0.3 is 15.0 Å². The summed E-state index contributed by atoms with van der Waals surface area (Å²) in [6.07, 6.45) is 2.95. The van der Waals surface area contributed by atoms with Crippen LogP contribution in [0.1, 0.15) is 24.1 Å². The number of pyridine rings is 1. The van der Waals surface area contributed by atoms with E-state index in [4.69, 9.17) is 9.72 Å². The Morgan fingerprint density at radius 3 is 2.93 bits per heavy atom. The molecule has 3 saturated heterocycles. The van der Waals surface area contributed by atoms with Crippen LogP contribution in [0.5, 0.6) is 0 Å². The summed E-state index contributed by atoms with van der Waals surface area (Å²) < 4.78 is 6.51. The van der Waals surface area contributed by atoms with Crippen molar-refractivity contribution >= 4 is 11.7 Å². The minimum atomic E-state index is -0.0507. The van der Waals surface area contributed by atoms with E-state index < -0.39 is 0 Å². The monoisotopic (exact) mass is 377 g/mol. The van der Waals surface area contributed by atoms with Gasteiger partial charge in [-0.15, -0.1) is 0 Å². The summed E-state index contributed by atoms with van der Waals surface area (Å²) in [6.45, 7) is 4.62. The number of carbonyl (C=O) groups is 1. The molecule has 5 heteroatoms. The van der Waals surface area contributed by atoms with Crippen LogP contribution in [0.15, 0.2) is 48.5 Å². The van der Waals surface area contributed by atoms with Crippen molar-refractivity contribution in [1.82, 2.24) is 10.3 Å². The lowest BCUT2D eigenvalue weighted by Crippen LogP contribution is -2.42. The van der Waals surface area contributed by atoms with Crippen molar-refractivity contribution in [3.63, 3.8) is 0 Å². The van der Waals surface area contributed by atoms with Crippen molar-refractivity contribution in [2.45, 2.75) is 37.9 Å². The fourth-order valence-electron chi connectivity index (χ4n) is 5.42. The summed E-state index contributed by atoms with van der Waals surface area (Å²) in [7, 11) is 0. The summed E-state index contributed by atoms with van der Waals surface area (Å²) in [4.78, 5) is 19.5. The van der Waals surface area contributed by atoms with Gasteiger partial charge in [0.15, 0.2) is 0 Å². The predicted octanol–water partition coefficient (Wildman–Crippen LogP) is 2.73. The zero-order valence-electron chi connectivity index (χ0n) is 16.3. The Bertz CT molecular complexity index is 871. The molecule has 1 amide bonds. The molecule has 0 unspecified atom stereocenters. The lowest BCUT2D eigenvalue weighted by Gasteiger charge is -2.29. The number of amides is 1. The van der Waals surface area contributed by atoms with Crippen molar-refractivity contribution in [1.29, 1.82) is 0 Å². The molecule has 3 aliphatic heterocycles. The molecule has 0 aliphatic carbocycles. The van der Waals surface area contributed by atoms with E-state index in [9.17, 15) is 4.79 Å². The molecule has 0 radical (unpaired) electrons. The van der Waals surface area contributed by atoms with Crippen LogP contribution in [0.2, 0.25) is 0 Å². The number of aryl methyl sites for hydroxylation is 1. The highest BCUT2D eigenvalue weighted by molar-refractivity contribution is 5.78. The topological polar surface area (TPSA) is 54.5 Å². The van der Waals surface area contributed by atoms with Gasteiger partial charge in [-0.3, -0.25) is 4.79 Å². The third-order valence-electron chi connectivity index (χ3n) is 6.72. The van der Waals surface area contributed by atoms with Crippen LogP contribution in [0.4, 0.5) is 5.82 Å². The second kappa shape index (κ2) is 6.89. The number of hydrogen-bond donors (Lipinski definition) is 1. The normalized spacial score (nSPS) is 30.5. The summed E-state index contributed by atoms with van der Waals surface area (Å²) in [5.74, 6) is 2.00. The summed E-state index contributed by atoms with van der Waals surface area (Å²) in [6, 6.07) is 16.1. The van der Waals surface area contributed by atoms with Gasteiger partial charge in [-0.25, -0.2) is 4.98 Å². The molecule has 2 bridgehead atoms. The Balaban J connectivity index is 1.25. The number of nitrogens with one attached hydrogen (secondary N) is 1. The molecule has 3 aliphatic rings. The molecule has 1 N–H and O–H groups in total. The van der Waals surface area contributed by atoms with Crippen LogP contribution < -0.4 is 10.2 Å². The van der Waals surface area contributed by atoms with Gasteiger partial charge in [0.25, 0.3) is 0 Å². The summed E-state index contributed by atoms with van der Waals surface area (Å²) >= 11 is 0. The van der Waals surface area contributed by atoms with Gasteiger partial charge in [0.1, 0.15) is 5.82 Å². The highest BCUT2D eigenvalue weighted by Crippen LogP contribution is 2.55. The Labute approximate surface area is 166 Å². The van der Waals surface area contributed by atoms with E-state index in [-0.39, 0.29) is 17.6 Å². The molecule has 4 heterocycles. The van der Waals surface area contributed by atoms with Crippen molar-refractivity contribution < 1.29 is 9.53 Å². The van der Waals surface area contributed by atoms with E-state index in [0.29, 0.717) is 24.8 Å². The van der Waals surface area contributed by atoms with Crippen LogP contribution in [0.25, 0.3) is 0 Å². The van der Waals surface area contributed by atoms with Gasteiger partial charge in [-0.05, 0) is 37.5 Å². The Hall–Kier alpha value is -2.40. The number of benzene rings is 1. The maximum Gasteiger partial charge on any atom is 0.224 e. The first-order valence-electron chi connectivity index (χ1n) is 10.3. The largest absolute Gasteiger partial charge is 0.369 e. The van der Waals surface area contributed by atoms with Crippen LogP contribution >= 0.6 is 0 Å². The molecule has 0 saturated carbocycles. The van der Waals surface area contributed by atoms with E-state index in [1.54, 1.807) is 0 Å². The van der Waals surface area contributed by atoms with Gasteiger partial charge in [0, 0.05) is 37.2 Å². The smallest absolute Gasteiger partial charge is 0.224 e. The zero-order valence-corrected chi connectivity index (χ0v) is 16.3. The van der Waals surface area contributed by atoms with E-state index in [0.717, 1.165) is 43.0 Å². The fourth-order valence-corrected chi connectivity index (χ4v) is 5.42. The molecule has 2 aromatic rings. The number of carbonyl (C=O) groups excluding carboxylic acids is 1. The van der Waals surface area contributed by atoms with Crippen LogP contribution in [0.3, 0.4) is 0 Å². The van der Waals surface area contributed by atoms with Gasteiger partial charge in [0.2, 0.25) is 5.91 Å². The molecular weight excluding hydrogens is 350 g/mol. The lowest BCUT2D eigenvalue weighted by molar-refractivity contribution is -0.120. The minimum absolute atomic E-state index is 0.0507. The maximum atomic E-state index is 12.4. The molecule has 1 aromatic carbocycles. The average Bonchev–Trinajstić information content (AvgIpc) is 3.36. The highest BCUT2D eigenvalue weighted by Gasteiger charge is 2.63. The van der Waals surface area contributed by atoms with Gasteiger partial charge in [0.05, 0.1) is 18.1 Å². The van der Waals surface area contributed by atoms with E-state index in [2.05, 4.69) is 22.3 Å². The molecular formula is C23H27N3O2. The fraction of sp³-hybridized carbons (Fsp3) is 0.478. The molecule has 3 fully saturated rings. The van der Waals surface area contributed by atoms with Crippen molar-refractivity contribution in [2.75, 3.05) is 24.5 Å². The number of fused-ring (bicyclic) bond motifs is 1. The SMILES string of the molecule is Cc1cccc(N2C[C@@H]3[C@H](CNC(=O)Cc4ccccc4)[C@H]4CC[C@]3(C2)O4)n1. The summed E-state index contributed by atoms with van der Waals surface area (Å²) in [5, 5.41) is 3.18. The number of hydrogen-bond acceptors (Lipinski definition) is 4. The number of rotatable bonds is 5. The Morgan fingerprint density at radius 2 is 2.11 bits per heavy atom. The standard InChI is InChI=1S/C23H27N3O2/c1-16-6-5-9-21(25-16)26-14-19-18(20-10-11-23(19,15-26)28-20)13-24-22(27)12-17-7-3-2-4-8-17/h2-9,18-20H,10-15H2,1H3,(H,24,27)/t18-,19+,20+,23+/m0/s1. The second-order valence-corrected chi connectivity index (χ2v) is 8.51. The first-order chi connectivity index (χ1) is 13.6. The molecule has 28 heavy (non-hydrogen) atoms. The van der Waals surface area contributed by atoms with Crippen molar-refractivity contribution in [3.05, 3.63) is 59.8 Å².